The molecule has 4 fully saturated rings. The van der Waals surface area contributed by atoms with Crippen molar-refractivity contribution >= 4 is 39.5 Å². The zero-order chi connectivity index (χ0) is 37.7. The van der Waals surface area contributed by atoms with Gasteiger partial charge >= 0.3 is 6.09 Å². The molecule has 0 unspecified atom stereocenters. The maximum absolute atomic E-state index is 14.5. The smallest absolute Gasteiger partial charge is 0.408 e. The van der Waals surface area contributed by atoms with Crippen LogP contribution in [0.3, 0.4) is 0 Å². The van der Waals surface area contributed by atoms with Crippen molar-refractivity contribution in [1.82, 2.24) is 20.3 Å². The van der Waals surface area contributed by atoms with E-state index in [9.17, 15) is 27.6 Å². The first kappa shape index (κ1) is 36.6. The van der Waals surface area contributed by atoms with Crippen molar-refractivity contribution in [2.24, 2.45) is 16.5 Å². The molecule has 5 aliphatic rings. The Morgan fingerprint density at radius 3 is 2.09 bits per heavy atom. The van der Waals surface area contributed by atoms with Crippen molar-refractivity contribution < 1.29 is 37.2 Å². The number of carbonyl (C=O) groups is 4. The number of benzene rings is 2. The number of nitrogens with zero attached hydrogens (tertiary/aromatic N) is 2. The van der Waals surface area contributed by atoms with Gasteiger partial charge in [0.05, 0.1) is 11.8 Å². The lowest BCUT2D eigenvalue weighted by Gasteiger charge is -2.35. The van der Waals surface area contributed by atoms with Crippen LogP contribution in [-0.2, 0) is 34.0 Å². The molecule has 1 saturated heterocycles. The second-order valence-electron chi connectivity index (χ2n) is 15.9. The Morgan fingerprint density at radius 2 is 1.55 bits per heavy atom. The molecule has 0 aromatic heterocycles. The van der Waals surface area contributed by atoms with Gasteiger partial charge in [-0.2, -0.15) is 0 Å². The molecular formula is C39H47N5O8S. The minimum absolute atomic E-state index is 0.0257. The number of amides is 4. The van der Waals surface area contributed by atoms with E-state index in [1.807, 2.05) is 69.3 Å². The molecule has 2 aromatic carbocycles. The summed E-state index contributed by atoms with van der Waals surface area (Å²) in [6.07, 6.45) is 4.40. The molecule has 7 rings (SSSR count). The number of likely N-dealkylation sites (tertiary alicyclic amines) is 1. The van der Waals surface area contributed by atoms with Gasteiger partial charge in [-0.1, -0.05) is 80.5 Å². The molecule has 13 nitrogen and oxygen atoms in total. The number of rotatable bonds is 11. The first-order valence-corrected chi connectivity index (χ1v) is 20.0. The highest BCUT2D eigenvalue weighted by molar-refractivity contribution is 7.91. The first-order chi connectivity index (χ1) is 25.2. The summed E-state index contributed by atoms with van der Waals surface area (Å²) in [7, 11) is -3.89. The number of oxime groups is 1. The third kappa shape index (κ3) is 7.29. The highest BCUT2D eigenvalue weighted by Gasteiger charge is 2.62. The van der Waals surface area contributed by atoms with Crippen molar-refractivity contribution in [3.8, 4) is 11.1 Å². The molecule has 3 saturated carbocycles. The van der Waals surface area contributed by atoms with Crippen molar-refractivity contribution in [3.05, 3.63) is 72.3 Å². The van der Waals surface area contributed by atoms with E-state index in [-0.39, 0.29) is 25.5 Å². The molecule has 14 heteroatoms. The Balaban J connectivity index is 1.15. The number of ether oxygens (including phenoxy) is 1. The van der Waals surface area contributed by atoms with Crippen LogP contribution in [0.1, 0.15) is 83.3 Å². The summed E-state index contributed by atoms with van der Waals surface area (Å²) in [6, 6.07) is 13.5. The SMILES string of the molecule is C=C[C@@H]1C[C@@]1(NC(=O)[C@@H]1C[C@@H](ON=C2c3ccccc3-c3ccccc32)CN1C(=O)[C@@H](NC(=O)OC1CCCC1)C(C)(C)C)C(=O)NS(=O)(=O)C1CC1. The molecule has 0 radical (unpaired) electrons. The van der Waals surface area contributed by atoms with Crippen LogP contribution in [-0.4, -0.2) is 84.5 Å². The minimum Gasteiger partial charge on any atom is -0.446 e. The molecule has 282 valence electrons. The number of alkyl carbamates (subject to hydrolysis) is 1. The van der Waals surface area contributed by atoms with Crippen LogP contribution in [0.4, 0.5) is 4.79 Å². The lowest BCUT2D eigenvalue weighted by molar-refractivity contribution is -0.143. The van der Waals surface area contributed by atoms with Crippen LogP contribution < -0.4 is 15.4 Å². The van der Waals surface area contributed by atoms with Gasteiger partial charge in [0.2, 0.25) is 21.8 Å². The van der Waals surface area contributed by atoms with Crippen LogP contribution in [0.5, 0.6) is 0 Å². The molecular weight excluding hydrogens is 699 g/mol. The van der Waals surface area contributed by atoms with Crippen LogP contribution >= 0.6 is 0 Å². The lowest BCUT2D eigenvalue weighted by atomic mass is 9.85. The Kier molecular flexibility index (Phi) is 9.62. The fourth-order valence-corrected chi connectivity index (χ4v) is 9.09. The molecule has 4 aliphatic carbocycles. The van der Waals surface area contributed by atoms with E-state index in [0.29, 0.717) is 18.6 Å². The van der Waals surface area contributed by atoms with Crippen molar-refractivity contribution in [3.63, 3.8) is 0 Å². The fraction of sp³-hybridized carbons (Fsp3) is 0.513. The second-order valence-corrected chi connectivity index (χ2v) is 17.9. The fourth-order valence-electron chi connectivity index (χ4n) is 7.73. The summed E-state index contributed by atoms with van der Waals surface area (Å²) in [5.41, 5.74) is 2.12. The Bertz CT molecular complexity index is 1920. The Labute approximate surface area is 310 Å². The van der Waals surface area contributed by atoms with Crippen LogP contribution in [0.2, 0.25) is 0 Å². The van der Waals surface area contributed by atoms with Gasteiger partial charge in [-0.15, -0.1) is 6.58 Å². The predicted molar refractivity (Wildman–Crippen MR) is 197 cm³/mol. The van der Waals surface area contributed by atoms with Crippen LogP contribution in [0, 0.1) is 11.3 Å². The van der Waals surface area contributed by atoms with Gasteiger partial charge in [0.1, 0.15) is 35.5 Å². The average Bonchev–Trinajstić information content (AvgIpc) is 3.96. The molecule has 1 heterocycles. The summed E-state index contributed by atoms with van der Waals surface area (Å²) in [6.45, 7) is 9.17. The first-order valence-electron chi connectivity index (χ1n) is 18.4. The summed E-state index contributed by atoms with van der Waals surface area (Å²) >= 11 is 0. The van der Waals surface area contributed by atoms with Crippen molar-refractivity contribution in [2.45, 2.75) is 107 Å². The third-order valence-corrected chi connectivity index (χ3v) is 12.8. The highest BCUT2D eigenvalue weighted by Crippen LogP contribution is 2.46. The lowest BCUT2D eigenvalue weighted by Crippen LogP contribution is -2.60. The molecule has 0 spiro atoms. The monoisotopic (exact) mass is 745 g/mol. The van der Waals surface area contributed by atoms with E-state index in [4.69, 9.17) is 9.57 Å². The van der Waals surface area contributed by atoms with Gasteiger partial charge in [-0.25, -0.2) is 13.2 Å². The normalized spacial score (nSPS) is 25.5. The molecule has 5 atom stereocenters. The van der Waals surface area contributed by atoms with Gasteiger partial charge < -0.3 is 25.1 Å². The predicted octanol–water partition coefficient (Wildman–Crippen LogP) is 4.16. The average molecular weight is 746 g/mol. The Morgan fingerprint density at radius 1 is 0.943 bits per heavy atom. The van der Waals surface area contributed by atoms with Crippen LogP contribution in [0.25, 0.3) is 11.1 Å². The standard InChI is InChI=1S/C39H47N5O8S/c1-5-23-21-39(23,36(47)43-53(49,50)26-18-19-26)41-34(45)31-20-25(52-42-32-29-16-10-8-14-27(29)28-15-9-11-17-30(28)32)22-44(31)35(46)33(38(2,3)4)40-37(48)51-24-12-6-7-13-24/h5,8-11,14-17,23-26,31,33H,1,6-7,12-13,18-22H2,2-4H3,(H,40,48)(H,41,45)(H,43,47)/t23-,25-,31+,33-,39+/m1/s1. The number of carbonyl (C=O) groups excluding carboxylic acids is 4. The summed E-state index contributed by atoms with van der Waals surface area (Å²) in [5, 5.41) is 9.53. The van der Waals surface area contributed by atoms with Gasteiger partial charge in [0.15, 0.2) is 0 Å². The topological polar surface area (TPSA) is 173 Å². The maximum atomic E-state index is 14.5. The van der Waals surface area contributed by atoms with E-state index in [2.05, 4.69) is 27.1 Å². The minimum atomic E-state index is -3.89. The molecule has 2 aromatic rings. The zero-order valence-electron chi connectivity index (χ0n) is 30.3. The third-order valence-electron chi connectivity index (χ3n) is 11.0. The largest absolute Gasteiger partial charge is 0.446 e. The van der Waals surface area contributed by atoms with Gasteiger partial charge in [0.25, 0.3) is 5.91 Å². The second kappa shape index (κ2) is 13.9. The molecule has 4 amide bonds. The molecule has 3 N–H and O–H groups in total. The molecule has 53 heavy (non-hydrogen) atoms. The molecule has 1 aliphatic heterocycles. The molecule has 0 bridgehead atoms. The zero-order valence-corrected chi connectivity index (χ0v) is 31.1. The highest BCUT2D eigenvalue weighted by atomic mass is 32.2. The number of nitrogens with one attached hydrogen (secondary N) is 3. The van der Waals surface area contributed by atoms with Gasteiger partial charge in [-0.3, -0.25) is 19.1 Å². The van der Waals surface area contributed by atoms with E-state index in [0.717, 1.165) is 47.9 Å². The summed E-state index contributed by atoms with van der Waals surface area (Å²) in [5.74, 6) is -2.53. The van der Waals surface area contributed by atoms with Crippen LogP contribution in [0.15, 0.2) is 66.3 Å². The van der Waals surface area contributed by atoms with E-state index in [1.165, 1.54) is 11.0 Å². The van der Waals surface area contributed by atoms with Crippen molar-refractivity contribution in [1.29, 1.82) is 0 Å². The summed E-state index contributed by atoms with van der Waals surface area (Å²) < 4.78 is 33.2. The quantitative estimate of drug-likeness (QED) is 0.194. The maximum Gasteiger partial charge on any atom is 0.408 e. The van der Waals surface area contributed by atoms with Crippen molar-refractivity contribution in [2.75, 3.05) is 6.54 Å². The Hall–Kier alpha value is -4.72. The number of fused-ring (bicyclic) bond motifs is 3. The summed E-state index contributed by atoms with van der Waals surface area (Å²) in [4.78, 5) is 62.9. The van der Waals surface area contributed by atoms with E-state index < -0.39 is 74.1 Å². The van der Waals surface area contributed by atoms with Gasteiger partial charge in [0, 0.05) is 23.5 Å². The number of sulfonamides is 1. The van der Waals surface area contributed by atoms with E-state index >= 15 is 0 Å². The van der Waals surface area contributed by atoms with E-state index in [1.54, 1.807) is 0 Å². The van der Waals surface area contributed by atoms with Gasteiger partial charge in [-0.05, 0) is 61.5 Å². The number of hydrogen-bond donors (Lipinski definition) is 3. The number of hydrogen-bond acceptors (Lipinski definition) is 9.